The number of nitrogens with zero attached hydrogens (tertiary/aromatic N) is 2. The maximum Gasteiger partial charge on any atom is 0.310 e. The molecule has 0 amide bonds. The van der Waals surface area contributed by atoms with E-state index in [1.807, 2.05) is 0 Å². The van der Waals surface area contributed by atoms with Gasteiger partial charge in [0.05, 0.1) is 5.41 Å². The molecule has 1 aromatic heterocycles. The summed E-state index contributed by atoms with van der Waals surface area (Å²) in [6, 6.07) is 0. The molecule has 2 heterocycles. The summed E-state index contributed by atoms with van der Waals surface area (Å²) in [6.07, 6.45) is 5.51. The monoisotopic (exact) mass is 280 g/mol. The van der Waals surface area contributed by atoms with Gasteiger partial charge in [0.1, 0.15) is 0 Å². The summed E-state index contributed by atoms with van der Waals surface area (Å²) >= 11 is 0. The molecule has 0 bridgehead atoms. The lowest BCUT2D eigenvalue weighted by molar-refractivity contribution is -0.148. The fourth-order valence-corrected chi connectivity index (χ4v) is 3.27. The molecule has 3 rings (SSSR count). The summed E-state index contributed by atoms with van der Waals surface area (Å²) in [5.41, 5.74) is -0.695. The van der Waals surface area contributed by atoms with Gasteiger partial charge < -0.3 is 14.4 Å². The molecule has 1 aliphatic carbocycles. The maximum atomic E-state index is 11.5. The van der Waals surface area contributed by atoms with Gasteiger partial charge in [-0.25, -0.2) is 0 Å². The fourth-order valence-electron chi connectivity index (χ4n) is 3.27. The SMILES string of the molecule is O=C(O)C1(Cc2nc(C3CCOCC3)no2)CCCC1. The van der Waals surface area contributed by atoms with Gasteiger partial charge in [0.2, 0.25) is 5.89 Å². The van der Waals surface area contributed by atoms with E-state index in [-0.39, 0.29) is 5.92 Å². The first-order valence-corrected chi connectivity index (χ1v) is 7.33. The predicted molar refractivity (Wildman–Crippen MR) is 69.3 cm³/mol. The predicted octanol–water partition coefficient (Wildman–Crippen LogP) is 2.15. The molecule has 0 spiro atoms. The van der Waals surface area contributed by atoms with Crippen LogP contribution in [0, 0.1) is 5.41 Å². The molecular weight excluding hydrogens is 260 g/mol. The van der Waals surface area contributed by atoms with Gasteiger partial charge in [-0.15, -0.1) is 0 Å². The molecule has 1 aliphatic heterocycles. The molecule has 1 saturated heterocycles. The summed E-state index contributed by atoms with van der Waals surface area (Å²) in [5, 5.41) is 13.5. The lowest BCUT2D eigenvalue weighted by atomic mass is 9.83. The van der Waals surface area contributed by atoms with Crippen LogP contribution in [0.5, 0.6) is 0 Å². The minimum atomic E-state index is -0.735. The van der Waals surface area contributed by atoms with E-state index in [0.717, 1.165) is 38.9 Å². The van der Waals surface area contributed by atoms with E-state index in [4.69, 9.17) is 9.26 Å². The Morgan fingerprint density at radius 3 is 2.65 bits per heavy atom. The van der Waals surface area contributed by atoms with Crippen LogP contribution < -0.4 is 0 Å². The van der Waals surface area contributed by atoms with Crippen molar-refractivity contribution in [3.8, 4) is 0 Å². The smallest absolute Gasteiger partial charge is 0.310 e. The Balaban J connectivity index is 1.71. The lowest BCUT2D eigenvalue weighted by Crippen LogP contribution is -2.30. The van der Waals surface area contributed by atoms with Crippen LogP contribution in [0.15, 0.2) is 4.52 Å². The van der Waals surface area contributed by atoms with Gasteiger partial charge in [0, 0.05) is 25.6 Å². The van der Waals surface area contributed by atoms with Crippen LogP contribution >= 0.6 is 0 Å². The number of rotatable bonds is 4. The third kappa shape index (κ3) is 2.57. The molecule has 1 saturated carbocycles. The molecule has 6 heteroatoms. The van der Waals surface area contributed by atoms with Crippen LogP contribution in [-0.4, -0.2) is 34.4 Å². The van der Waals surface area contributed by atoms with Crippen molar-refractivity contribution in [3.05, 3.63) is 11.7 Å². The summed E-state index contributed by atoms with van der Waals surface area (Å²) < 4.78 is 10.6. The van der Waals surface area contributed by atoms with Crippen molar-refractivity contribution in [2.24, 2.45) is 5.41 Å². The van der Waals surface area contributed by atoms with E-state index in [2.05, 4.69) is 10.1 Å². The quantitative estimate of drug-likeness (QED) is 0.909. The first-order valence-electron chi connectivity index (χ1n) is 7.33. The second-order valence-electron chi connectivity index (χ2n) is 5.90. The zero-order valence-corrected chi connectivity index (χ0v) is 11.5. The van der Waals surface area contributed by atoms with Gasteiger partial charge in [-0.1, -0.05) is 18.0 Å². The summed E-state index contributed by atoms with van der Waals surface area (Å²) in [5.74, 6) is 0.726. The van der Waals surface area contributed by atoms with Gasteiger partial charge in [-0.05, 0) is 25.7 Å². The molecule has 1 N–H and O–H groups in total. The van der Waals surface area contributed by atoms with Gasteiger partial charge in [-0.2, -0.15) is 4.98 Å². The first kappa shape index (κ1) is 13.5. The lowest BCUT2D eigenvalue weighted by Gasteiger charge is -2.21. The summed E-state index contributed by atoms with van der Waals surface area (Å²) in [6.45, 7) is 1.46. The van der Waals surface area contributed by atoms with Crippen molar-refractivity contribution in [3.63, 3.8) is 0 Å². The summed E-state index contributed by atoms with van der Waals surface area (Å²) in [4.78, 5) is 16.0. The number of aliphatic carboxylic acids is 1. The Morgan fingerprint density at radius 1 is 1.30 bits per heavy atom. The number of hydrogen-bond donors (Lipinski definition) is 1. The Hall–Kier alpha value is -1.43. The van der Waals surface area contributed by atoms with E-state index in [1.54, 1.807) is 0 Å². The minimum Gasteiger partial charge on any atom is -0.481 e. The zero-order valence-electron chi connectivity index (χ0n) is 11.5. The Labute approximate surface area is 117 Å². The maximum absolute atomic E-state index is 11.5. The minimum absolute atomic E-state index is 0.283. The van der Waals surface area contributed by atoms with Crippen LogP contribution in [0.1, 0.15) is 56.2 Å². The van der Waals surface area contributed by atoms with E-state index >= 15 is 0 Å². The Morgan fingerprint density at radius 2 is 2.00 bits per heavy atom. The highest BCUT2D eigenvalue weighted by molar-refractivity contribution is 5.75. The normalized spacial score (nSPS) is 23.0. The fraction of sp³-hybridized carbons (Fsp3) is 0.786. The largest absolute Gasteiger partial charge is 0.481 e. The highest BCUT2D eigenvalue weighted by Crippen LogP contribution is 2.41. The topological polar surface area (TPSA) is 85.5 Å². The van der Waals surface area contributed by atoms with Crippen molar-refractivity contribution in [2.75, 3.05) is 13.2 Å². The van der Waals surface area contributed by atoms with Gasteiger partial charge in [-0.3, -0.25) is 4.79 Å². The number of aromatic nitrogens is 2. The molecule has 20 heavy (non-hydrogen) atoms. The van der Waals surface area contributed by atoms with Crippen molar-refractivity contribution in [1.82, 2.24) is 10.1 Å². The molecule has 2 aliphatic rings. The highest BCUT2D eigenvalue weighted by atomic mass is 16.5. The number of hydrogen-bond acceptors (Lipinski definition) is 5. The molecule has 2 fully saturated rings. The van der Waals surface area contributed by atoms with Crippen LogP contribution in [-0.2, 0) is 16.0 Å². The average Bonchev–Trinajstić information content (AvgIpc) is 3.10. The van der Waals surface area contributed by atoms with Crippen LogP contribution in [0.2, 0.25) is 0 Å². The van der Waals surface area contributed by atoms with Crippen LogP contribution in [0.25, 0.3) is 0 Å². The van der Waals surface area contributed by atoms with Crippen LogP contribution in [0.4, 0.5) is 0 Å². The molecule has 0 aromatic carbocycles. The molecule has 0 radical (unpaired) electrons. The number of ether oxygens (including phenoxy) is 1. The van der Waals surface area contributed by atoms with E-state index < -0.39 is 11.4 Å². The van der Waals surface area contributed by atoms with E-state index in [0.29, 0.717) is 31.0 Å². The van der Waals surface area contributed by atoms with E-state index in [9.17, 15) is 9.90 Å². The molecule has 0 unspecified atom stereocenters. The van der Waals surface area contributed by atoms with Crippen molar-refractivity contribution >= 4 is 5.97 Å². The standard InChI is InChI=1S/C14H20N2O4/c17-13(18)14(5-1-2-6-14)9-11-15-12(16-20-11)10-3-7-19-8-4-10/h10H,1-9H2,(H,17,18). The molecule has 1 aromatic rings. The zero-order chi connectivity index (χ0) is 14.0. The average molecular weight is 280 g/mol. The van der Waals surface area contributed by atoms with Gasteiger partial charge >= 0.3 is 5.97 Å². The molecule has 0 atom stereocenters. The number of carboxylic acids is 1. The second kappa shape index (κ2) is 5.52. The second-order valence-corrected chi connectivity index (χ2v) is 5.90. The van der Waals surface area contributed by atoms with Crippen LogP contribution in [0.3, 0.4) is 0 Å². The third-order valence-corrected chi connectivity index (χ3v) is 4.57. The van der Waals surface area contributed by atoms with Gasteiger partial charge in [0.25, 0.3) is 0 Å². The first-order chi connectivity index (χ1) is 9.70. The molecular formula is C14H20N2O4. The van der Waals surface area contributed by atoms with Crippen molar-refractivity contribution in [2.45, 2.75) is 50.9 Å². The number of carbonyl (C=O) groups is 1. The van der Waals surface area contributed by atoms with Gasteiger partial charge in [0.15, 0.2) is 5.82 Å². The highest BCUT2D eigenvalue weighted by Gasteiger charge is 2.43. The van der Waals surface area contributed by atoms with Crippen molar-refractivity contribution < 1.29 is 19.2 Å². The Kier molecular flexibility index (Phi) is 3.74. The summed E-state index contributed by atoms with van der Waals surface area (Å²) in [7, 11) is 0. The number of carboxylic acid groups (broad SMARTS) is 1. The molecule has 110 valence electrons. The Bertz CT molecular complexity index is 473. The third-order valence-electron chi connectivity index (χ3n) is 4.57. The van der Waals surface area contributed by atoms with Crippen molar-refractivity contribution in [1.29, 1.82) is 0 Å². The van der Waals surface area contributed by atoms with E-state index in [1.165, 1.54) is 0 Å². The molecule has 6 nitrogen and oxygen atoms in total.